The van der Waals surface area contributed by atoms with E-state index in [1.165, 1.54) is 0 Å². The summed E-state index contributed by atoms with van der Waals surface area (Å²) in [6.07, 6.45) is 0.211. The molecule has 0 fully saturated rings. The molecule has 2 aromatic carbocycles. The summed E-state index contributed by atoms with van der Waals surface area (Å²) in [7, 11) is 1.59. The topological polar surface area (TPSA) is 79.8 Å². The van der Waals surface area contributed by atoms with Crippen LogP contribution in [-0.2, 0) is 4.79 Å². The predicted molar refractivity (Wildman–Crippen MR) is 94.8 cm³/mol. The number of nitrogens with one attached hydrogen (secondary N) is 2. The first-order valence-corrected chi connectivity index (χ1v) is 8.01. The molecule has 0 aliphatic carbocycles. The Bertz CT molecular complexity index is 834. The minimum absolute atomic E-state index is 0.127. The summed E-state index contributed by atoms with van der Waals surface area (Å²) < 4.78 is 5.13. The highest BCUT2D eigenvalue weighted by Crippen LogP contribution is 2.25. The number of guanidine groups is 1. The number of hydrogen-bond donors (Lipinski definition) is 2. The number of hydrogen-bond acceptors (Lipinski definition) is 4. The van der Waals surface area contributed by atoms with Crippen LogP contribution in [0, 0.1) is 0 Å². The lowest BCUT2D eigenvalue weighted by Gasteiger charge is -2.21. The van der Waals surface area contributed by atoms with Crippen molar-refractivity contribution in [2.75, 3.05) is 7.11 Å². The molecule has 25 heavy (non-hydrogen) atoms. The molecule has 1 heterocycles. The second-order valence-electron chi connectivity index (χ2n) is 5.48. The van der Waals surface area contributed by atoms with Crippen LogP contribution in [0.2, 0.25) is 5.02 Å². The highest BCUT2D eigenvalue weighted by atomic mass is 35.5. The second-order valence-corrected chi connectivity index (χ2v) is 5.92. The highest BCUT2D eigenvalue weighted by Gasteiger charge is 2.23. The highest BCUT2D eigenvalue weighted by molar-refractivity contribution is 6.31. The van der Waals surface area contributed by atoms with Crippen LogP contribution in [0.3, 0.4) is 0 Å². The standard InChI is InChI=1S/C18H16ClN3O3/c1-25-14-7-5-11(6-8-14)15-10-16(23)21-18(20-15)22-17(24)12-3-2-4-13(19)9-12/h2-9,15H,10H2,1H3,(H2,20,21,22,23,24)/t15-/m1/s1. The third-order valence-corrected chi connectivity index (χ3v) is 3.98. The Morgan fingerprint density at radius 1 is 1.28 bits per heavy atom. The van der Waals surface area contributed by atoms with Crippen LogP contribution in [0.5, 0.6) is 5.75 Å². The molecule has 1 aliphatic rings. The zero-order valence-corrected chi connectivity index (χ0v) is 14.2. The molecule has 0 unspecified atom stereocenters. The first-order valence-electron chi connectivity index (χ1n) is 7.63. The maximum Gasteiger partial charge on any atom is 0.258 e. The van der Waals surface area contributed by atoms with Gasteiger partial charge in [0.2, 0.25) is 11.9 Å². The molecule has 0 spiro atoms. The van der Waals surface area contributed by atoms with Gasteiger partial charge < -0.3 is 4.74 Å². The molecule has 0 aromatic heterocycles. The van der Waals surface area contributed by atoms with Gasteiger partial charge in [0, 0.05) is 10.6 Å². The average molecular weight is 358 g/mol. The molecule has 7 heteroatoms. The maximum absolute atomic E-state index is 12.3. The van der Waals surface area contributed by atoms with E-state index in [0.717, 1.165) is 11.3 Å². The summed E-state index contributed by atoms with van der Waals surface area (Å²) in [6.45, 7) is 0. The lowest BCUT2D eigenvalue weighted by Crippen LogP contribution is -2.47. The maximum atomic E-state index is 12.3. The number of methoxy groups -OCH3 is 1. The summed E-state index contributed by atoms with van der Waals surface area (Å²) in [4.78, 5) is 28.7. The molecule has 6 nitrogen and oxygen atoms in total. The van der Waals surface area contributed by atoms with E-state index in [9.17, 15) is 9.59 Å². The number of benzene rings is 2. The summed E-state index contributed by atoms with van der Waals surface area (Å²) in [5.74, 6) is 0.249. The zero-order valence-electron chi connectivity index (χ0n) is 13.5. The summed E-state index contributed by atoms with van der Waals surface area (Å²) in [5, 5.41) is 5.64. The largest absolute Gasteiger partial charge is 0.497 e. The average Bonchev–Trinajstić information content (AvgIpc) is 2.61. The van der Waals surface area contributed by atoms with E-state index >= 15 is 0 Å². The van der Waals surface area contributed by atoms with Gasteiger partial charge in [0.15, 0.2) is 0 Å². The number of carbonyl (C=O) groups is 2. The Morgan fingerprint density at radius 3 is 2.72 bits per heavy atom. The molecule has 0 saturated carbocycles. The lowest BCUT2D eigenvalue weighted by atomic mass is 10.0. The van der Waals surface area contributed by atoms with Gasteiger partial charge in [-0.15, -0.1) is 0 Å². The minimum Gasteiger partial charge on any atom is -0.497 e. The number of rotatable bonds is 3. The van der Waals surface area contributed by atoms with Gasteiger partial charge in [-0.1, -0.05) is 29.8 Å². The van der Waals surface area contributed by atoms with Crippen molar-refractivity contribution in [2.45, 2.75) is 12.5 Å². The van der Waals surface area contributed by atoms with Crippen molar-refractivity contribution in [1.82, 2.24) is 10.6 Å². The Morgan fingerprint density at radius 2 is 2.04 bits per heavy atom. The number of halogens is 1. The number of nitrogens with zero attached hydrogens (tertiary/aromatic N) is 1. The van der Waals surface area contributed by atoms with E-state index in [0.29, 0.717) is 10.6 Å². The van der Waals surface area contributed by atoms with E-state index in [1.807, 2.05) is 24.3 Å². The van der Waals surface area contributed by atoms with Crippen LogP contribution < -0.4 is 15.4 Å². The molecule has 128 valence electrons. The van der Waals surface area contributed by atoms with Crippen LogP contribution in [0.4, 0.5) is 0 Å². The Kier molecular flexibility index (Phi) is 5.00. The van der Waals surface area contributed by atoms with Gasteiger partial charge in [-0.2, -0.15) is 0 Å². The van der Waals surface area contributed by atoms with Crippen molar-refractivity contribution in [2.24, 2.45) is 4.99 Å². The third kappa shape index (κ3) is 4.16. The molecule has 1 aliphatic heterocycles. The molecule has 0 radical (unpaired) electrons. The van der Waals surface area contributed by atoms with Crippen molar-refractivity contribution in [1.29, 1.82) is 0 Å². The smallest absolute Gasteiger partial charge is 0.258 e. The van der Waals surface area contributed by atoms with E-state index in [-0.39, 0.29) is 24.3 Å². The molecule has 2 N–H and O–H groups in total. The molecule has 2 aromatic rings. The Hall–Kier alpha value is -2.86. The molecule has 3 rings (SSSR count). The SMILES string of the molecule is COc1ccc([C@H]2CC(=O)NC(NC(=O)c3cccc(Cl)c3)=N2)cc1. The van der Waals surface area contributed by atoms with Crippen molar-refractivity contribution < 1.29 is 14.3 Å². The molecule has 0 bridgehead atoms. The minimum atomic E-state index is -0.392. The first kappa shape index (κ1) is 17.0. The van der Waals surface area contributed by atoms with Gasteiger partial charge in [0.25, 0.3) is 5.91 Å². The van der Waals surface area contributed by atoms with Crippen molar-refractivity contribution >= 4 is 29.4 Å². The van der Waals surface area contributed by atoms with Gasteiger partial charge in [-0.25, -0.2) is 4.99 Å². The summed E-state index contributed by atoms with van der Waals surface area (Å²) in [5.41, 5.74) is 1.25. The fourth-order valence-corrected chi connectivity index (χ4v) is 2.67. The molecular weight excluding hydrogens is 342 g/mol. The fraction of sp³-hybridized carbons (Fsp3) is 0.167. The number of aliphatic imine (C=N–C) groups is 1. The lowest BCUT2D eigenvalue weighted by molar-refractivity contribution is -0.120. The van der Waals surface area contributed by atoms with Crippen LogP contribution in [-0.4, -0.2) is 24.9 Å². The van der Waals surface area contributed by atoms with E-state index in [1.54, 1.807) is 31.4 Å². The van der Waals surface area contributed by atoms with Crippen molar-refractivity contribution in [3.05, 3.63) is 64.7 Å². The van der Waals surface area contributed by atoms with Crippen LogP contribution in [0.25, 0.3) is 0 Å². The second kappa shape index (κ2) is 7.36. The van der Waals surface area contributed by atoms with Crippen LogP contribution in [0.1, 0.15) is 28.4 Å². The van der Waals surface area contributed by atoms with Gasteiger partial charge in [0.1, 0.15) is 5.75 Å². The van der Waals surface area contributed by atoms with Crippen LogP contribution >= 0.6 is 11.6 Å². The summed E-state index contributed by atoms with van der Waals surface area (Å²) >= 11 is 5.89. The van der Waals surface area contributed by atoms with Crippen LogP contribution in [0.15, 0.2) is 53.5 Å². The molecule has 0 saturated heterocycles. The summed E-state index contributed by atoms with van der Waals surface area (Å²) in [6, 6.07) is 13.5. The van der Waals surface area contributed by atoms with E-state index in [4.69, 9.17) is 16.3 Å². The number of ether oxygens (including phenoxy) is 1. The monoisotopic (exact) mass is 357 g/mol. The normalized spacial score (nSPS) is 16.6. The van der Waals surface area contributed by atoms with Gasteiger partial charge >= 0.3 is 0 Å². The predicted octanol–water partition coefficient (Wildman–Crippen LogP) is 2.70. The molecule has 2 amide bonds. The molecular formula is C18H16ClN3O3. The first-order chi connectivity index (χ1) is 12.0. The Labute approximate surface area is 149 Å². The van der Waals surface area contributed by atoms with Crippen molar-refractivity contribution in [3.63, 3.8) is 0 Å². The van der Waals surface area contributed by atoms with Gasteiger partial charge in [-0.3, -0.25) is 20.2 Å². The number of carbonyl (C=O) groups excluding carboxylic acids is 2. The number of amides is 2. The van der Waals surface area contributed by atoms with Crippen molar-refractivity contribution in [3.8, 4) is 5.75 Å². The Balaban J connectivity index is 1.78. The quantitative estimate of drug-likeness (QED) is 0.886. The van der Waals surface area contributed by atoms with Gasteiger partial charge in [-0.05, 0) is 35.9 Å². The van der Waals surface area contributed by atoms with E-state index < -0.39 is 5.91 Å². The van der Waals surface area contributed by atoms with E-state index in [2.05, 4.69) is 15.6 Å². The third-order valence-electron chi connectivity index (χ3n) is 3.74. The zero-order chi connectivity index (χ0) is 17.8. The molecule has 1 atom stereocenters. The van der Waals surface area contributed by atoms with Gasteiger partial charge in [0.05, 0.1) is 19.6 Å². The fourth-order valence-electron chi connectivity index (χ4n) is 2.48.